The Morgan fingerprint density at radius 2 is 1.94 bits per heavy atom. The summed E-state index contributed by atoms with van der Waals surface area (Å²) in [5.41, 5.74) is 5.63. The maximum atomic E-state index is 12.5. The third-order valence-electron chi connectivity index (χ3n) is 7.72. The fraction of sp³-hybridized carbons (Fsp3) is 0.538. The quantitative estimate of drug-likeness (QED) is 0.256. The van der Waals surface area contributed by atoms with Crippen LogP contribution in [0.2, 0.25) is 0 Å². The molecule has 1 heterocycles. The number of carbonyl (C=O) groups is 3. The molecule has 2 N–H and O–H groups in total. The van der Waals surface area contributed by atoms with Crippen molar-refractivity contribution < 1.29 is 24.7 Å². The number of imide groups is 1. The minimum absolute atomic E-state index is 0.0745. The number of carboxylic acids is 1. The van der Waals surface area contributed by atoms with Crippen molar-refractivity contribution in [2.24, 2.45) is 11.1 Å². The number of likely N-dealkylation sites (N-methyl/N-ethyl adjacent to an activating group) is 1. The van der Waals surface area contributed by atoms with Crippen molar-refractivity contribution in [3.63, 3.8) is 0 Å². The van der Waals surface area contributed by atoms with Gasteiger partial charge in [-0.3, -0.25) is 14.5 Å². The zero-order valence-corrected chi connectivity index (χ0v) is 20.1. The van der Waals surface area contributed by atoms with E-state index < -0.39 is 17.4 Å². The average Bonchev–Trinajstić information content (AvgIpc) is 3.25. The minimum atomic E-state index is -0.990. The number of nitrogens with zero attached hydrogens (tertiary/aromatic N) is 3. The predicted octanol–water partition coefficient (Wildman–Crippen LogP) is 4.29. The number of aliphatic carboxylic acids is 1. The fourth-order valence-electron chi connectivity index (χ4n) is 5.37. The lowest BCUT2D eigenvalue weighted by atomic mass is 9.90. The zero-order chi connectivity index (χ0) is 24.6. The molecule has 4 rings (SSSR count). The Balaban J connectivity index is 1.40. The summed E-state index contributed by atoms with van der Waals surface area (Å²) >= 11 is 0. The van der Waals surface area contributed by atoms with E-state index in [2.05, 4.69) is 11.2 Å². The number of urea groups is 1. The topological polar surface area (TPSA) is 111 Å². The number of allylic oxidation sites excluding steroid dienone is 2. The molecule has 34 heavy (non-hydrogen) atoms. The summed E-state index contributed by atoms with van der Waals surface area (Å²) in [7, 11) is 1.59. The summed E-state index contributed by atoms with van der Waals surface area (Å²) in [6, 6.07) is 5.65. The maximum absolute atomic E-state index is 12.5. The Morgan fingerprint density at radius 1 is 1.21 bits per heavy atom. The molecule has 1 aromatic carbocycles. The Hall–Kier alpha value is -3.16. The molecule has 8 nitrogen and oxygen atoms in total. The Morgan fingerprint density at radius 3 is 2.59 bits per heavy atom. The van der Waals surface area contributed by atoms with Gasteiger partial charge in [-0.2, -0.15) is 0 Å². The number of hydrogen-bond acceptors (Lipinski definition) is 5. The average molecular weight is 468 g/mol. The standard InChI is InChI=1S/C26H33N3O5/c1-26(2)24(32)29(25(33)28(26)3)12-6-8-18(23(30)31)15-22(27-34)17-10-11-21-19(14-17)13-16-7-4-5-9-20(16)21/h10-11,14,18,34H,4-9,12-13,15H2,1-3H3,(H,30,31)/b27-22-. The molecule has 1 saturated heterocycles. The van der Waals surface area contributed by atoms with Crippen LogP contribution in [-0.2, 0) is 16.0 Å². The third kappa shape index (κ3) is 4.21. The van der Waals surface area contributed by atoms with Crippen LogP contribution in [0.1, 0.15) is 75.5 Å². The second kappa shape index (κ2) is 9.24. The lowest BCUT2D eigenvalue weighted by Gasteiger charge is -2.22. The van der Waals surface area contributed by atoms with Crippen LogP contribution in [-0.4, -0.2) is 62.9 Å². The lowest BCUT2D eigenvalue weighted by Crippen LogP contribution is -2.41. The molecular formula is C26H33N3O5. The van der Waals surface area contributed by atoms with Crippen molar-refractivity contribution in [3.8, 4) is 0 Å². The predicted molar refractivity (Wildman–Crippen MR) is 128 cm³/mol. The minimum Gasteiger partial charge on any atom is -0.481 e. The van der Waals surface area contributed by atoms with E-state index in [1.165, 1.54) is 44.9 Å². The van der Waals surface area contributed by atoms with Gasteiger partial charge in [-0.25, -0.2) is 4.79 Å². The molecule has 2 aliphatic carbocycles. The second-order valence-corrected chi connectivity index (χ2v) is 10.1. The zero-order valence-electron chi connectivity index (χ0n) is 20.1. The SMILES string of the molecule is CN1C(=O)N(CCCC(C/C(=N/O)c2ccc3c(c2)CC2=C3CCCC2)C(=O)O)C(=O)C1(C)C. The monoisotopic (exact) mass is 467 g/mol. The van der Waals surface area contributed by atoms with Crippen LogP contribution in [0.15, 0.2) is 28.9 Å². The van der Waals surface area contributed by atoms with E-state index in [0.29, 0.717) is 12.1 Å². The number of carboxylic acid groups (broad SMARTS) is 1. The van der Waals surface area contributed by atoms with Gasteiger partial charge in [-0.05, 0) is 87.1 Å². The first kappa shape index (κ1) is 24.0. The van der Waals surface area contributed by atoms with Crippen LogP contribution in [0.5, 0.6) is 0 Å². The van der Waals surface area contributed by atoms with Crippen LogP contribution in [0.3, 0.4) is 0 Å². The molecule has 182 valence electrons. The van der Waals surface area contributed by atoms with Crippen LogP contribution >= 0.6 is 0 Å². The first-order valence-corrected chi connectivity index (χ1v) is 12.0. The van der Waals surface area contributed by atoms with Crippen molar-refractivity contribution in [1.82, 2.24) is 9.80 Å². The normalized spacial score (nSPS) is 20.6. The molecule has 0 saturated carbocycles. The Bertz CT molecular complexity index is 1090. The van der Waals surface area contributed by atoms with Crippen molar-refractivity contribution in [1.29, 1.82) is 0 Å². The third-order valence-corrected chi connectivity index (χ3v) is 7.72. The first-order chi connectivity index (χ1) is 16.1. The second-order valence-electron chi connectivity index (χ2n) is 10.1. The molecule has 1 unspecified atom stereocenters. The van der Waals surface area contributed by atoms with Gasteiger partial charge in [0, 0.05) is 20.0 Å². The Kier molecular flexibility index (Phi) is 6.51. The molecule has 1 atom stereocenters. The number of oxime groups is 1. The number of rotatable bonds is 8. The van der Waals surface area contributed by atoms with Gasteiger partial charge in [0.2, 0.25) is 0 Å². The van der Waals surface area contributed by atoms with Crippen molar-refractivity contribution in [2.45, 2.75) is 70.8 Å². The van der Waals surface area contributed by atoms with Gasteiger partial charge in [-0.15, -0.1) is 0 Å². The van der Waals surface area contributed by atoms with Crippen LogP contribution < -0.4 is 0 Å². The van der Waals surface area contributed by atoms with Gasteiger partial charge in [0.1, 0.15) is 5.54 Å². The van der Waals surface area contributed by atoms with Gasteiger partial charge < -0.3 is 15.2 Å². The summed E-state index contributed by atoms with van der Waals surface area (Å²) < 4.78 is 0. The van der Waals surface area contributed by atoms with Crippen molar-refractivity contribution >= 4 is 29.2 Å². The lowest BCUT2D eigenvalue weighted by molar-refractivity contribution is -0.141. The molecule has 0 bridgehead atoms. The van der Waals surface area contributed by atoms with Gasteiger partial charge in [0.05, 0.1) is 11.6 Å². The highest BCUT2D eigenvalue weighted by Gasteiger charge is 2.48. The molecular weight excluding hydrogens is 434 g/mol. The number of amides is 3. The van der Waals surface area contributed by atoms with E-state index in [9.17, 15) is 24.7 Å². The fourth-order valence-corrected chi connectivity index (χ4v) is 5.37. The van der Waals surface area contributed by atoms with E-state index >= 15 is 0 Å². The highest BCUT2D eigenvalue weighted by atomic mass is 16.4. The summed E-state index contributed by atoms with van der Waals surface area (Å²) in [5, 5.41) is 22.9. The van der Waals surface area contributed by atoms with E-state index in [-0.39, 0.29) is 31.3 Å². The number of carbonyl (C=O) groups excluding carboxylic acids is 2. The number of hydrogen-bond donors (Lipinski definition) is 2. The molecule has 1 aliphatic heterocycles. The van der Waals surface area contributed by atoms with E-state index in [4.69, 9.17) is 0 Å². The highest BCUT2D eigenvalue weighted by molar-refractivity contribution is 6.06. The van der Waals surface area contributed by atoms with Crippen LogP contribution in [0.25, 0.3) is 5.57 Å². The van der Waals surface area contributed by atoms with Crippen molar-refractivity contribution in [2.75, 3.05) is 13.6 Å². The van der Waals surface area contributed by atoms with E-state index in [0.717, 1.165) is 24.8 Å². The molecule has 3 aliphatic rings. The molecule has 8 heteroatoms. The molecule has 0 radical (unpaired) electrons. The van der Waals surface area contributed by atoms with Gasteiger partial charge in [0.15, 0.2) is 0 Å². The molecule has 1 aromatic rings. The summed E-state index contributed by atoms with van der Waals surface area (Å²) in [6.07, 6.45) is 6.30. The van der Waals surface area contributed by atoms with Crippen LogP contribution in [0.4, 0.5) is 4.79 Å². The molecule has 0 spiro atoms. The maximum Gasteiger partial charge on any atom is 0.327 e. The molecule has 3 amide bonds. The number of fused-ring (bicyclic) bond motifs is 2. The van der Waals surface area contributed by atoms with E-state index in [1.807, 2.05) is 12.1 Å². The van der Waals surface area contributed by atoms with Gasteiger partial charge >= 0.3 is 12.0 Å². The van der Waals surface area contributed by atoms with Crippen molar-refractivity contribution in [3.05, 3.63) is 40.5 Å². The van der Waals surface area contributed by atoms with Gasteiger partial charge in [-0.1, -0.05) is 22.9 Å². The first-order valence-electron chi connectivity index (χ1n) is 12.0. The number of benzene rings is 1. The highest BCUT2D eigenvalue weighted by Crippen LogP contribution is 2.41. The van der Waals surface area contributed by atoms with Gasteiger partial charge in [0.25, 0.3) is 5.91 Å². The summed E-state index contributed by atoms with van der Waals surface area (Å²) in [5.74, 6) is -2.06. The summed E-state index contributed by atoms with van der Waals surface area (Å²) in [6.45, 7) is 3.55. The van der Waals surface area contributed by atoms with E-state index in [1.54, 1.807) is 20.9 Å². The molecule has 1 fully saturated rings. The largest absolute Gasteiger partial charge is 0.481 e. The Labute approximate surface area is 199 Å². The molecule has 0 aromatic heterocycles. The smallest absolute Gasteiger partial charge is 0.327 e. The van der Waals surface area contributed by atoms with Crippen LogP contribution in [0, 0.1) is 5.92 Å². The summed E-state index contributed by atoms with van der Waals surface area (Å²) in [4.78, 5) is 39.5.